The van der Waals surface area contributed by atoms with E-state index in [1.165, 1.54) is 0 Å². The average molecular weight is 715 g/mol. The fourth-order valence-electron chi connectivity index (χ4n) is 7.52. The van der Waals surface area contributed by atoms with Gasteiger partial charge >= 0.3 is 0 Å². The summed E-state index contributed by atoms with van der Waals surface area (Å²) >= 11 is 0. The van der Waals surface area contributed by atoms with E-state index in [0.29, 0.717) is 5.82 Å². The van der Waals surface area contributed by atoms with Crippen molar-refractivity contribution in [1.82, 2.24) is 19.9 Å². The van der Waals surface area contributed by atoms with Crippen LogP contribution in [0.3, 0.4) is 0 Å². The number of aromatic nitrogens is 4. The van der Waals surface area contributed by atoms with Crippen molar-refractivity contribution in [1.29, 1.82) is 0 Å². The minimum absolute atomic E-state index is 0.706. The predicted octanol–water partition coefficient (Wildman–Crippen LogP) is 13.2. The van der Waals surface area contributed by atoms with E-state index in [2.05, 4.69) is 170 Å². The van der Waals surface area contributed by atoms with Crippen LogP contribution in [0.4, 0.5) is 0 Å². The molecular weight excluding hydrogens is 681 g/mol. The van der Waals surface area contributed by atoms with Gasteiger partial charge in [0.2, 0.25) is 0 Å². The molecule has 0 spiro atoms. The normalized spacial score (nSPS) is 11.2. The number of fused-ring (bicyclic) bond motifs is 3. The highest BCUT2D eigenvalue weighted by atomic mass is 14.9. The molecule has 0 N–H and O–H groups in total. The Morgan fingerprint density at radius 1 is 0.232 bits per heavy atom. The molecule has 4 nitrogen and oxygen atoms in total. The number of rotatable bonds is 7. The number of hydrogen-bond donors (Lipinski definition) is 0. The fourth-order valence-corrected chi connectivity index (χ4v) is 7.52. The molecule has 0 aliphatic heterocycles. The predicted molar refractivity (Wildman–Crippen MR) is 231 cm³/mol. The molecule has 4 heteroatoms. The van der Waals surface area contributed by atoms with Gasteiger partial charge < -0.3 is 0 Å². The van der Waals surface area contributed by atoms with E-state index in [4.69, 9.17) is 19.9 Å². The number of hydrogen-bond acceptors (Lipinski definition) is 4. The minimum Gasteiger partial charge on any atom is -0.243 e. The summed E-state index contributed by atoms with van der Waals surface area (Å²) in [5, 5.41) is 3.28. The van der Waals surface area contributed by atoms with Gasteiger partial charge in [0.05, 0.1) is 34.0 Å². The number of benzene rings is 8. The first-order chi connectivity index (χ1) is 27.8. The van der Waals surface area contributed by atoms with Crippen LogP contribution in [0, 0.1) is 0 Å². The van der Waals surface area contributed by atoms with Crippen LogP contribution in [-0.2, 0) is 0 Å². The molecule has 0 aliphatic carbocycles. The lowest BCUT2D eigenvalue weighted by molar-refractivity contribution is 1.21. The van der Waals surface area contributed by atoms with Crippen LogP contribution in [0.1, 0.15) is 0 Å². The van der Waals surface area contributed by atoms with Crippen molar-refractivity contribution in [3.8, 4) is 78.8 Å². The second-order valence-corrected chi connectivity index (χ2v) is 13.8. The summed E-state index contributed by atoms with van der Waals surface area (Å²) in [6.07, 6.45) is 0. The van der Waals surface area contributed by atoms with Crippen molar-refractivity contribution in [3.05, 3.63) is 206 Å². The lowest BCUT2D eigenvalue weighted by Crippen LogP contribution is -2.01. The maximum absolute atomic E-state index is 5.48. The third kappa shape index (κ3) is 6.19. The highest BCUT2D eigenvalue weighted by Gasteiger charge is 2.20. The molecule has 0 radical (unpaired) electrons. The Morgan fingerprint density at radius 3 is 1.18 bits per heavy atom. The molecule has 0 atom stereocenters. The van der Waals surface area contributed by atoms with Crippen LogP contribution in [0.2, 0.25) is 0 Å². The summed E-state index contributed by atoms with van der Waals surface area (Å²) in [6.45, 7) is 0. The molecule has 0 bridgehead atoms. The topological polar surface area (TPSA) is 51.6 Å². The summed E-state index contributed by atoms with van der Waals surface area (Å²) in [5.74, 6) is 0.706. The summed E-state index contributed by atoms with van der Waals surface area (Å²) in [4.78, 5) is 21.3. The Kier molecular flexibility index (Phi) is 8.47. The van der Waals surface area contributed by atoms with Gasteiger partial charge in [0, 0.05) is 44.2 Å². The van der Waals surface area contributed by atoms with Gasteiger partial charge in [-0.05, 0) is 34.7 Å². The molecule has 2 heterocycles. The summed E-state index contributed by atoms with van der Waals surface area (Å²) in [6, 6.07) is 71.3. The van der Waals surface area contributed by atoms with Crippen LogP contribution < -0.4 is 0 Å². The Balaban J connectivity index is 1.14. The first kappa shape index (κ1) is 33.0. The zero-order valence-corrected chi connectivity index (χ0v) is 30.4. The highest BCUT2D eigenvalue weighted by molar-refractivity contribution is 6.09. The molecule has 0 unspecified atom stereocenters. The molecule has 10 aromatic rings. The van der Waals surface area contributed by atoms with Crippen LogP contribution in [0.25, 0.3) is 100 Å². The zero-order valence-electron chi connectivity index (χ0n) is 30.4. The minimum atomic E-state index is 0.706. The lowest BCUT2D eigenvalue weighted by atomic mass is 9.95. The van der Waals surface area contributed by atoms with Gasteiger partial charge in [-0.1, -0.05) is 188 Å². The molecule has 0 saturated carbocycles. The van der Waals surface area contributed by atoms with E-state index >= 15 is 0 Å². The van der Waals surface area contributed by atoms with E-state index in [-0.39, 0.29) is 0 Å². The standard InChI is InChI=1S/C52H34N4/c1-5-18-36(19-6-1)47-48(37-20-7-2-8-21-37)54-50(49(53-47)38-22-9-3-10-23-38)43-29-16-27-41(34-43)40-26-15-28-42(33-40)46-45-32-31-35-17-13-14-30-44(35)51(45)56-52(55-46)39-24-11-4-12-25-39/h1-34H. The maximum atomic E-state index is 5.48. The Bertz CT molecular complexity index is 3000. The van der Waals surface area contributed by atoms with Crippen LogP contribution in [-0.4, -0.2) is 19.9 Å². The highest BCUT2D eigenvalue weighted by Crippen LogP contribution is 2.39. The van der Waals surface area contributed by atoms with Gasteiger partial charge in [-0.15, -0.1) is 0 Å². The monoisotopic (exact) mass is 714 g/mol. The van der Waals surface area contributed by atoms with Crippen molar-refractivity contribution in [2.24, 2.45) is 0 Å². The van der Waals surface area contributed by atoms with E-state index < -0.39 is 0 Å². The van der Waals surface area contributed by atoms with Gasteiger partial charge in [-0.2, -0.15) is 0 Å². The van der Waals surface area contributed by atoms with Gasteiger partial charge in [-0.25, -0.2) is 19.9 Å². The second-order valence-electron chi connectivity index (χ2n) is 13.8. The van der Waals surface area contributed by atoms with Gasteiger partial charge in [-0.3, -0.25) is 0 Å². The van der Waals surface area contributed by atoms with Gasteiger partial charge in [0.15, 0.2) is 5.82 Å². The Labute approximate surface area is 325 Å². The molecule has 0 saturated heterocycles. The smallest absolute Gasteiger partial charge is 0.160 e. The van der Waals surface area contributed by atoms with E-state index in [1.807, 2.05) is 36.4 Å². The molecule has 0 amide bonds. The van der Waals surface area contributed by atoms with Crippen molar-refractivity contribution in [2.75, 3.05) is 0 Å². The quantitative estimate of drug-likeness (QED) is 0.154. The van der Waals surface area contributed by atoms with E-state index in [0.717, 1.165) is 94.7 Å². The first-order valence-corrected chi connectivity index (χ1v) is 18.8. The zero-order chi connectivity index (χ0) is 37.3. The van der Waals surface area contributed by atoms with Gasteiger partial charge in [0.25, 0.3) is 0 Å². The number of nitrogens with zero attached hydrogens (tertiary/aromatic N) is 4. The summed E-state index contributed by atoms with van der Waals surface area (Å²) < 4.78 is 0. The lowest BCUT2D eigenvalue weighted by Gasteiger charge is -2.16. The summed E-state index contributed by atoms with van der Waals surface area (Å²) in [7, 11) is 0. The first-order valence-electron chi connectivity index (χ1n) is 18.8. The average Bonchev–Trinajstić information content (AvgIpc) is 3.29. The SMILES string of the molecule is c1ccc(-c2nc(-c3cccc(-c4cccc(-c5nc(-c6ccccc6)c(-c6ccccc6)nc5-c5ccccc5)c4)c3)c3ccc4ccccc4c3n2)cc1. The maximum Gasteiger partial charge on any atom is 0.160 e. The van der Waals surface area contributed by atoms with Gasteiger partial charge in [0.1, 0.15) is 0 Å². The molecule has 10 rings (SSSR count). The molecule has 0 aliphatic rings. The van der Waals surface area contributed by atoms with Crippen LogP contribution in [0.5, 0.6) is 0 Å². The third-order valence-corrected chi connectivity index (χ3v) is 10.3. The van der Waals surface area contributed by atoms with Crippen molar-refractivity contribution < 1.29 is 0 Å². The largest absolute Gasteiger partial charge is 0.243 e. The molecule has 2 aromatic heterocycles. The Hall–Kier alpha value is -7.56. The van der Waals surface area contributed by atoms with Crippen LogP contribution in [0.15, 0.2) is 206 Å². The molecular formula is C52H34N4. The molecule has 0 fully saturated rings. The van der Waals surface area contributed by atoms with E-state index in [1.54, 1.807) is 0 Å². The van der Waals surface area contributed by atoms with Crippen molar-refractivity contribution >= 4 is 21.7 Å². The van der Waals surface area contributed by atoms with E-state index in [9.17, 15) is 0 Å². The van der Waals surface area contributed by atoms with Crippen molar-refractivity contribution in [2.45, 2.75) is 0 Å². The summed E-state index contributed by atoms with van der Waals surface area (Å²) in [5.41, 5.74) is 13.4. The third-order valence-electron chi connectivity index (χ3n) is 10.3. The molecule has 56 heavy (non-hydrogen) atoms. The second kappa shape index (κ2) is 14.3. The van der Waals surface area contributed by atoms with Crippen molar-refractivity contribution in [3.63, 3.8) is 0 Å². The Morgan fingerprint density at radius 2 is 0.643 bits per heavy atom. The molecule has 262 valence electrons. The molecule has 8 aromatic carbocycles. The van der Waals surface area contributed by atoms with Crippen LogP contribution >= 0.6 is 0 Å². The fraction of sp³-hybridized carbons (Fsp3) is 0.